The number of ketones is 1. The molecule has 0 fully saturated rings. The molecule has 0 atom stereocenters. The summed E-state index contributed by atoms with van der Waals surface area (Å²) in [7, 11) is 2.85. The molecule has 12 heavy (non-hydrogen) atoms. The first-order valence-corrected chi connectivity index (χ1v) is 4.15. The maximum Gasteiger partial charge on any atom is 0.266 e. The summed E-state index contributed by atoms with van der Waals surface area (Å²) in [6.45, 7) is 0. The molecule has 66 valence electrons. The van der Waals surface area contributed by atoms with Gasteiger partial charge >= 0.3 is 0 Å². The van der Waals surface area contributed by atoms with Crippen molar-refractivity contribution in [3.05, 3.63) is 22.7 Å². The van der Waals surface area contributed by atoms with Crippen LogP contribution in [-0.2, 0) is 14.3 Å². The van der Waals surface area contributed by atoms with E-state index >= 15 is 0 Å². The lowest BCUT2D eigenvalue weighted by atomic mass is 10.1. The second kappa shape index (κ2) is 3.51. The number of halogens is 1. The molecule has 0 radical (unpaired) electrons. The summed E-state index contributed by atoms with van der Waals surface area (Å²) in [5.74, 6) is -1.49. The highest BCUT2D eigenvalue weighted by molar-refractivity contribution is 9.11. The van der Waals surface area contributed by atoms with Crippen LogP contribution >= 0.6 is 15.9 Å². The number of hydrogen-bond donors (Lipinski definition) is 0. The molecular formula is C8H9BrO3. The van der Waals surface area contributed by atoms with Crippen molar-refractivity contribution in [2.45, 2.75) is 5.79 Å². The molecule has 0 aromatic heterocycles. The summed E-state index contributed by atoms with van der Waals surface area (Å²) < 4.78 is 10.6. The zero-order valence-corrected chi connectivity index (χ0v) is 8.42. The summed E-state index contributed by atoms with van der Waals surface area (Å²) in [6.07, 6.45) is 4.77. The van der Waals surface area contributed by atoms with Crippen LogP contribution in [0.4, 0.5) is 0 Å². The molecule has 1 aliphatic rings. The first kappa shape index (κ1) is 9.64. The van der Waals surface area contributed by atoms with Crippen LogP contribution in [0.25, 0.3) is 0 Å². The Bertz CT molecular complexity index is 251. The summed E-state index contributed by atoms with van der Waals surface area (Å²) in [5, 5.41) is 0. The highest BCUT2D eigenvalue weighted by Gasteiger charge is 2.41. The number of methoxy groups -OCH3 is 2. The van der Waals surface area contributed by atoms with Crippen LogP contribution < -0.4 is 0 Å². The number of ether oxygens (including phenoxy) is 2. The second-order valence-electron chi connectivity index (χ2n) is 2.26. The third kappa shape index (κ3) is 1.26. The first-order valence-electron chi connectivity index (χ1n) is 3.36. The van der Waals surface area contributed by atoms with Gasteiger partial charge in [0.2, 0.25) is 5.78 Å². The largest absolute Gasteiger partial charge is 0.343 e. The molecule has 0 unspecified atom stereocenters. The lowest BCUT2D eigenvalue weighted by molar-refractivity contribution is -0.182. The maximum atomic E-state index is 11.4. The molecule has 0 aromatic carbocycles. The van der Waals surface area contributed by atoms with Gasteiger partial charge in [-0.25, -0.2) is 0 Å². The highest BCUT2D eigenvalue weighted by Crippen LogP contribution is 2.31. The molecule has 0 N–H and O–H groups in total. The Balaban J connectivity index is 3.08. The first-order chi connectivity index (χ1) is 5.67. The fourth-order valence-electron chi connectivity index (χ4n) is 1.04. The Morgan fingerprint density at radius 2 is 2.00 bits per heavy atom. The lowest BCUT2D eigenvalue weighted by Gasteiger charge is -2.29. The lowest BCUT2D eigenvalue weighted by Crippen LogP contribution is -2.43. The standard InChI is InChI=1S/C8H9BrO3/c1-11-8(12-2)6(9)4-3-5-7(8)10/h3-5H,1-2H3. The van der Waals surface area contributed by atoms with Crippen LogP contribution in [-0.4, -0.2) is 25.8 Å². The normalized spacial score (nSPS) is 20.9. The van der Waals surface area contributed by atoms with E-state index < -0.39 is 5.79 Å². The average molecular weight is 233 g/mol. The Hall–Kier alpha value is -0.450. The fourth-order valence-corrected chi connectivity index (χ4v) is 1.71. The van der Waals surface area contributed by atoms with E-state index in [2.05, 4.69) is 15.9 Å². The van der Waals surface area contributed by atoms with Crippen molar-refractivity contribution < 1.29 is 14.3 Å². The number of rotatable bonds is 2. The molecule has 0 spiro atoms. The molecule has 1 rings (SSSR count). The third-order valence-electron chi connectivity index (χ3n) is 1.70. The van der Waals surface area contributed by atoms with E-state index in [0.29, 0.717) is 4.48 Å². The minimum atomic E-state index is -1.27. The number of allylic oxidation sites excluding steroid dienone is 2. The van der Waals surface area contributed by atoms with Crippen LogP contribution in [0.3, 0.4) is 0 Å². The van der Waals surface area contributed by atoms with E-state index in [1.165, 1.54) is 20.3 Å². The molecule has 1 aliphatic carbocycles. The van der Waals surface area contributed by atoms with E-state index in [9.17, 15) is 4.79 Å². The van der Waals surface area contributed by atoms with E-state index in [-0.39, 0.29) is 5.78 Å². The molecule has 4 heteroatoms. The van der Waals surface area contributed by atoms with Gasteiger partial charge in [0.15, 0.2) is 0 Å². The number of hydrogen-bond acceptors (Lipinski definition) is 3. The molecule has 0 saturated heterocycles. The zero-order chi connectivity index (χ0) is 9.19. The monoisotopic (exact) mass is 232 g/mol. The van der Waals surface area contributed by atoms with Crippen molar-refractivity contribution in [2.24, 2.45) is 0 Å². The Morgan fingerprint density at radius 3 is 2.33 bits per heavy atom. The third-order valence-corrected chi connectivity index (χ3v) is 2.49. The van der Waals surface area contributed by atoms with Gasteiger partial charge in [-0.2, -0.15) is 0 Å². The van der Waals surface area contributed by atoms with E-state index in [4.69, 9.17) is 9.47 Å². The van der Waals surface area contributed by atoms with Crippen molar-refractivity contribution in [3.63, 3.8) is 0 Å². The molecule has 3 nitrogen and oxygen atoms in total. The van der Waals surface area contributed by atoms with Crippen molar-refractivity contribution in [1.29, 1.82) is 0 Å². The van der Waals surface area contributed by atoms with Gasteiger partial charge in [-0.1, -0.05) is 6.08 Å². The summed E-state index contributed by atoms with van der Waals surface area (Å²) in [6, 6.07) is 0. The molecule has 0 aromatic rings. The topological polar surface area (TPSA) is 35.5 Å². The summed E-state index contributed by atoms with van der Waals surface area (Å²) >= 11 is 3.21. The quantitative estimate of drug-likeness (QED) is 0.676. The van der Waals surface area contributed by atoms with E-state index in [1.54, 1.807) is 12.2 Å². The van der Waals surface area contributed by atoms with Gasteiger partial charge in [-0.3, -0.25) is 4.79 Å². The Morgan fingerprint density at radius 1 is 1.42 bits per heavy atom. The Kier molecular flexibility index (Phi) is 2.82. The fraction of sp³-hybridized carbons (Fsp3) is 0.375. The van der Waals surface area contributed by atoms with Gasteiger partial charge in [-0.15, -0.1) is 0 Å². The van der Waals surface area contributed by atoms with Crippen molar-refractivity contribution in [3.8, 4) is 0 Å². The van der Waals surface area contributed by atoms with Crippen molar-refractivity contribution >= 4 is 21.7 Å². The summed E-state index contributed by atoms with van der Waals surface area (Å²) in [5.41, 5.74) is 0. The minimum Gasteiger partial charge on any atom is -0.343 e. The van der Waals surface area contributed by atoms with Crippen LogP contribution in [0.1, 0.15) is 0 Å². The van der Waals surface area contributed by atoms with Gasteiger partial charge in [-0.05, 0) is 28.1 Å². The van der Waals surface area contributed by atoms with Crippen LogP contribution in [0, 0.1) is 0 Å². The van der Waals surface area contributed by atoms with Crippen LogP contribution in [0.15, 0.2) is 22.7 Å². The molecule has 0 heterocycles. The average Bonchev–Trinajstić information content (AvgIpc) is 2.06. The predicted molar refractivity (Wildman–Crippen MR) is 47.9 cm³/mol. The summed E-state index contributed by atoms with van der Waals surface area (Å²) in [4.78, 5) is 11.4. The van der Waals surface area contributed by atoms with Gasteiger partial charge in [0, 0.05) is 14.2 Å². The molecular weight excluding hydrogens is 224 g/mol. The van der Waals surface area contributed by atoms with E-state index in [1.807, 2.05) is 0 Å². The van der Waals surface area contributed by atoms with Crippen molar-refractivity contribution in [1.82, 2.24) is 0 Å². The van der Waals surface area contributed by atoms with Gasteiger partial charge < -0.3 is 9.47 Å². The molecule has 0 bridgehead atoms. The van der Waals surface area contributed by atoms with Gasteiger partial charge in [0.05, 0.1) is 4.48 Å². The molecule has 0 amide bonds. The number of carbonyl (C=O) groups excluding carboxylic acids is 1. The van der Waals surface area contributed by atoms with Gasteiger partial charge in [0.25, 0.3) is 5.79 Å². The smallest absolute Gasteiger partial charge is 0.266 e. The number of carbonyl (C=O) groups is 1. The van der Waals surface area contributed by atoms with Crippen LogP contribution in [0.2, 0.25) is 0 Å². The SMILES string of the molecule is COC1(OC)C(=O)C=CC=C1Br. The predicted octanol–water partition coefficient (Wildman–Crippen LogP) is 1.39. The van der Waals surface area contributed by atoms with E-state index in [0.717, 1.165) is 0 Å². The molecule has 0 aliphatic heterocycles. The maximum absolute atomic E-state index is 11.4. The minimum absolute atomic E-state index is 0.220. The molecule has 0 saturated carbocycles. The second-order valence-corrected chi connectivity index (χ2v) is 3.12. The van der Waals surface area contributed by atoms with Crippen LogP contribution in [0.5, 0.6) is 0 Å². The highest BCUT2D eigenvalue weighted by atomic mass is 79.9. The Labute approximate surface area is 79.2 Å². The van der Waals surface area contributed by atoms with Crippen molar-refractivity contribution in [2.75, 3.05) is 14.2 Å². The van der Waals surface area contributed by atoms with Gasteiger partial charge in [0.1, 0.15) is 0 Å². The zero-order valence-electron chi connectivity index (χ0n) is 6.83.